The molecule has 1 saturated heterocycles. The van der Waals surface area contributed by atoms with Crippen LogP contribution >= 0.6 is 0 Å². The van der Waals surface area contributed by atoms with E-state index in [0.29, 0.717) is 6.54 Å². The minimum atomic E-state index is -0.586. The number of carbonyl (C=O) groups excluding carboxylic acids is 1. The van der Waals surface area contributed by atoms with E-state index in [9.17, 15) is 9.90 Å². The van der Waals surface area contributed by atoms with Gasteiger partial charge in [0.25, 0.3) is 0 Å². The van der Waals surface area contributed by atoms with Crippen molar-refractivity contribution < 1.29 is 9.90 Å². The number of nitrogens with zero attached hydrogens (tertiary/aromatic N) is 1. The summed E-state index contributed by atoms with van der Waals surface area (Å²) in [5.74, 6) is 0. The smallest absolute Gasteiger partial charge is 0.136 e. The van der Waals surface area contributed by atoms with Gasteiger partial charge in [-0.1, -0.05) is 0 Å². The fraction of sp³-hybridized carbons (Fsp3) is 0.875. The van der Waals surface area contributed by atoms with Crippen molar-refractivity contribution in [2.24, 2.45) is 0 Å². The van der Waals surface area contributed by atoms with Gasteiger partial charge in [-0.25, -0.2) is 0 Å². The molecular weight excluding hydrogens is 142 g/mol. The second-order valence-electron chi connectivity index (χ2n) is 3.59. The Morgan fingerprint density at radius 3 is 2.73 bits per heavy atom. The molecule has 1 aliphatic heterocycles. The molecule has 0 aromatic carbocycles. The standard InChI is InChI=1S/C8H15NO2/c1-7(5-10)9-4-3-8(2,11)6-9/h5,7,11H,3-4,6H2,1-2H3. The molecular formula is C8H15NO2. The van der Waals surface area contributed by atoms with E-state index in [1.54, 1.807) is 0 Å². The van der Waals surface area contributed by atoms with Crippen molar-refractivity contribution in [2.75, 3.05) is 13.1 Å². The molecule has 1 fully saturated rings. The number of hydrogen-bond donors (Lipinski definition) is 1. The third-order valence-corrected chi connectivity index (χ3v) is 2.25. The third-order valence-electron chi connectivity index (χ3n) is 2.25. The zero-order chi connectivity index (χ0) is 8.48. The SMILES string of the molecule is CC(C=O)N1CCC(C)(O)C1. The Bertz CT molecular complexity index is 156. The van der Waals surface area contributed by atoms with Gasteiger partial charge in [0.15, 0.2) is 0 Å². The van der Waals surface area contributed by atoms with Crippen molar-refractivity contribution >= 4 is 6.29 Å². The maximum Gasteiger partial charge on any atom is 0.136 e. The van der Waals surface area contributed by atoms with Crippen LogP contribution in [-0.2, 0) is 4.79 Å². The zero-order valence-corrected chi connectivity index (χ0v) is 7.08. The fourth-order valence-electron chi connectivity index (χ4n) is 1.41. The summed E-state index contributed by atoms with van der Waals surface area (Å²) in [5, 5.41) is 9.55. The Morgan fingerprint density at radius 1 is 1.73 bits per heavy atom. The lowest BCUT2D eigenvalue weighted by Crippen LogP contribution is -2.36. The summed E-state index contributed by atoms with van der Waals surface area (Å²) in [6, 6.07) is -0.0519. The van der Waals surface area contributed by atoms with Gasteiger partial charge in [-0.15, -0.1) is 0 Å². The second-order valence-corrected chi connectivity index (χ2v) is 3.59. The van der Waals surface area contributed by atoms with E-state index in [2.05, 4.69) is 0 Å². The molecule has 0 bridgehead atoms. The molecule has 2 unspecified atom stereocenters. The first-order valence-corrected chi connectivity index (χ1v) is 3.97. The molecule has 3 heteroatoms. The van der Waals surface area contributed by atoms with E-state index in [-0.39, 0.29) is 6.04 Å². The normalized spacial score (nSPS) is 35.5. The number of aldehydes is 1. The Balaban J connectivity index is 2.47. The monoisotopic (exact) mass is 157 g/mol. The van der Waals surface area contributed by atoms with E-state index in [1.807, 2.05) is 18.7 Å². The molecule has 0 aliphatic carbocycles. The second kappa shape index (κ2) is 2.91. The van der Waals surface area contributed by atoms with E-state index in [4.69, 9.17) is 0 Å². The van der Waals surface area contributed by atoms with Crippen LogP contribution in [0.3, 0.4) is 0 Å². The number of aliphatic hydroxyl groups is 1. The Labute approximate surface area is 67.0 Å². The van der Waals surface area contributed by atoms with Crippen LogP contribution in [0.25, 0.3) is 0 Å². The van der Waals surface area contributed by atoms with Crippen LogP contribution in [0.15, 0.2) is 0 Å². The van der Waals surface area contributed by atoms with Crippen LogP contribution in [0.5, 0.6) is 0 Å². The highest BCUT2D eigenvalue weighted by Gasteiger charge is 2.33. The van der Waals surface area contributed by atoms with Crippen molar-refractivity contribution in [3.8, 4) is 0 Å². The van der Waals surface area contributed by atoms with Crippen molar-refractivity contribution in [1.29, 1.82) is 0 Å². The topological polar surface area (TPSA) is 40.5 Å². The van der Waals surface area contributed by atoms with Crippen LogP contribution in [0.1, 0.15) is 20.3 Å². The average Bonchev–Trinajstić information content (AvgIpc) is 2.29. The van der Waals surface area contributed by atoms with Crippen molar-refractivity contribution in [1.82, 2.24) is 4.90 Å². The lowest BCUT2D eigenvalue weighted by atomic mass is 10.1. The van der Waals surface area contributed by atoms with E-state index in [1.165, 1.54) is 0 Å². The van der Waals surface area contributed by atoms with Crippen LogP contribution in [0, 0.1) is 0 Å². The zero-order valence-electron chi connectivity index (χ0n) is 7.08. The molecule has 1 aliphatic rings. The summed E-state index contributed by atoms with van der Waals surface area (Å²) in [7, 11) is 0. The van der Waals surface area contributed by atoms with E-state index in [0.717, 1.165) is 19.3 Å². The van der Waals surface area contributed by atoms with E-state index < -0.39 is 5.60 Å². The molecule has 64 valence electrons. The minimum Gasteiger partial charge on any atom is -0.389 e. The Kier molecular flexibility index (Phi) is 2.30. The predicted octanol–water partition coefficient (Wildman–Crippen LogP) is 0.0305. The number of β-amino-alcohol motifs (C(OH)–C–C–N with tert-alkyl or cyclic N) is 1. The summed E-state index contributed by atoms with van der Waals surface area (Å²) in [6.07, 6.45) is 1.69. The highest BCUT2D eigenvalue weighted by molar-refractivity contribution is 5.56. The molecule has 1 N–H and O–H groups in total. The quantitative estimate of drug-likeness (QED) is 0.575. The fourth-order valence-corrected chi connectivity index (χ4v) is 1.41. The van der Waals surface area contributed by atoms with Gasteiger partial charge >= 0.3 is 0 Å². The van der Waals surface area contributed by atoms with Crippen LogP contribution in [0.4, 0.5) is 0 Å². The first-order chi connectivity index (χ1) is 5.05. The van der Waals surface area contributed by atoms with E-state index >= 15 is 0 Å². The van der Waals surface area contributed by atoms with Crippen LogP contribution in [-0.4, -0.2) is 41.0 Å². The summed E-state index contributed by atoms with van der Waals surface area (Å²) in [4.78, 5) is 12.4. The predicted molar refractivity (Wildman–Crippen MR) is 42.3 cm³/mol. The lowest BCUT2D eigenvalue weighted by molar-refractivity contribution is -0.111. The van der Waals surface area contributed by atoms with Gasteiger partial charge in [0, 0.05) is 13.1 Å². The van der Waals surface area contributed by atoms with Crippen LogP contribution in [0.2, 0.25) is 0 Å². The van der Waals surface area contributed by atoms with Crippen molar-refractivity contribution in [3.63, 3.8) is 0 Å². The summed E-state index contributed by atoms with van der Waals surface area (Å²) in [5.41, 5.74) is -0.586. The number of rotatable bonds is 2. The Hall–Kier alpha value is -0.410. The summed E-state index contributed by atoms with van der Waals surface area (Å²) in [6.45, 7) is 5.11. The number of hydrogen-bond acceptors (Lipinski definition) is 3. The van der Waals surface area contributed by atoms with Crippen molar-refractivity contribution in [3.05, 3.63) is 0 Å². The molecule has 0 aromatic heterocycles. The molecule has 0 saturated carbocycles. The van der Waals surface area contributed by atoms with Gasteiger partial charge in [-0.2, -0.15) is 0 Å². The minimum absolute atomic E-state index is 0.0519. The van der Waals surface area contributed by atoms with Gasteiger partial charge in [-0.05, 0) is 20.3 Å². The van der Waals surface area contributed by atoms with Gasteiger partial charge in [0.1, 0.15) is 6.29 Å². The number of likely N-dealkylation sites (tertiary alicyclic amines) is 1. The number of carbonyl (C=O) groups is 1. The summed E-state index contributed by atoms with van der Waals surface area (Å²) >= 11 is 0. The van der Waals surface area contributed by atoms with Gasteiger partial charge < -0.3 is 9.90 Å². The molecule has 0 amide bonds. The molecule has 1 heterocycles. The van der Waals surface area contributed by atoms with Gasteiger partial charge in [0.2, 0.25) is 0 Å². The molecule has 11 heavy (non-hydrogen) atoms. The Morgan fingerprint density at radius 2 is 2.36 bits per heavy atom. The first kappa shape index (κ1) is 8.68. The first-order valence-electron chi connectivity index (χ1n) is 3.97. The lowest BCUT2D eigenvalue weighted by Gasteiger charge is -2.20. The largest absolute Gasteiger partial charge is 0.389 e. The molecule has 0 aromatic rings. The van der Waals surface area contributed by atoms with Gasteiger partial charge in [-0.3, -0.25) is 4.90 Å². The molecule has 0 radical (unpaired) electrons. The maximum atomic E-state index is 10.4. The maximum absolute atomic E-state index is 10.4. The molecule has 3 nitrogen and oxygen atoms in total. The molecule has 1 rings (SSSR count). The molecule has 0 spiro atoms. The molecule has 2 atom stereocenters. The highest BCUT2D eigenvalue weighted by atomic mass is 16.3. The average molecular weight is 157 g/mol. The van der Waals surface area contributed by atoms with Crippen LogP contribution < -0.4 is 0 Å². The highest BCUT2D eigenvalue weighted by Crippen LogP contribution is 2.21. The third kappa shape index (κ3) is 2.01. The summed E-state index contributed by atoms with van der Waals surface area (Å²) < 4.78 is 0. The van der Waals surface area contributed by atoms with Crippen molar-refractivity contribution in [2.45, 2.75) is 31.9 Å². The van der Waals surface area contributed by atoms with Gasteiger partial charge in [0.05, 0.1) is 11.6 Å².